The van der Waals surface area contributed by atoms with Crippen LogP contribution >= 0.6 is 11.6 Å². The molecule has 6 heteroatoms. The van der Waals surface area contributed by atoms with Crippen LogP contribution in [-0.2, 0) is 4.79 Å². The van der Waals surface area contributed by atoms with Crippen LogP contribution in [0.25, 0.3) is 0 Å². The molecule has 4 nitrogen and oxygen atoms in total. The molecule has 0 N–H and O–H groups in total. The molecule has 21 heavy (non-hydrogen) atoms. The Bertz CT molecular complexity index is 544. The van der Waals surface area contributed by atoms with Gasteiger partial charge in [0.15, 0.2) is 0 Å². The van der Waals surface area contributed by atoms with Gasteiger partial charge in [0.25, 0.3) is 0 Å². The number of carbonyl (C=O) groups excluding carboxylic acids is 1. The quantitative estimate of drug-likeness (QED) is 0.862. The lowest BCUT2D eigenvalue weighted by molar-refractivity contribution is -0.132. The molecule has 0 radical (unpaired) electrons. The SMILES string of the molecule is CCC(=O)N1CCN([C@H](C#N)c2c(F)cccc2Cl)CC1. The Morgan fingerprint density at radius 2 is 2.10 bits per heavy atom. The average Bonchev–Trinajstić information content (AvgIpc) is 2.50. The number of carbonyl (C=O) groups is 1. The second-order valence-electron chi connectivity index (χ2n) is 4.94. The van der Waals surface area contributed by atoms with E-state index in [4.69, 9.17) is 11.6 Å². The zero-order chi connectivity index (χ0) is 15.4. The minimum absolute atomic E-state index is 0.104. The third-order valence-corrected chi connectivity index (χ3v) is 4.06. The van der Waals surface area contributed by atoms with Crippen molar-refractivity contribution in [1.82, 2.24) is 9.80 Å². The maximum absolute atomic E-state index is 14.0. The van der Waals surface area contributed by atoms with E-state index in [-0.39, 0.29) is 16.5 Å². The number of nitrogens with zero attached hydrogens (tertiary/aromatic N) is 3. The highest BCUT2D eigenvalue weighted by Gasteiger charge is 2.29. The summed E-state index contributed by atoms with van der Waals surface area (Å²) in [6.45, 7) is 4.00. The Labute approximate surface area is 128 Å². The molecule has 1 heterocycles. The van der Waals surface area contributed by atoms with Crippen molar-refractivity contribution in [3.05, 3.63) is 34.6 Å². The van der Waals surface area contributed by atoms with Gasteiger partial charge in [-0.05, 0) is 12.1 Å². The van der Waals surface area contributed by atoms with Crippen LogP contribution in [-0.4, -0.2) is 41.9 Å². The number of amides is 1. The zero-order valence-electron chi connectivity index (χ0n) is 11.9. The molecular formula is C15H17ClFN3O. The highest BCUT2D eigenvalue weighted by atomic mass is 35.5. The Kier molecular flexibility index (Phi) is 5.16. The lowest BCUT2D eigenvalue weighted by Crippen LogP contribution is -2.49. The number of piperazine rings is 1. The molecule has 1 aliphatic heterocycles. The first kappa shape index (κ1) is 15.7. The summed E-state index contributed by atoms with van der Waals surface area (Å²) in [6.07, 6.45) is 0.473. The Balaban J connectivity index is 2.14. The van der Waals surface area contributed by atoms with E-state index in [1.165, 1.54) is 12.1 Å². The predicted octanol–water partition coefficient (Wildman–Crippen LogP) is 2.60. The lowest BCUT2D eigenvalue weighted by Gasteiger charge is -2.37. The van der Waals surface area contributed by atoms with Gasteiger partial charge in [-0.1, -0.05) is 24.6 Å². The molecule has 0 unspecified atom stereocenters. The van der Waals surface area contributed by atoms with E-state index in [1.807, 2.05) is 11.8 Å². The van der Waals surface area contributed by atoms with Crippen molar-refractivity contribution < 1.29 is 9.18 Å². The molecule has 1 aromatic carbocycles. The molecule has 1 aliphatic rings. The van der Waals surface area contributed by atoms with Crippen molar-refractivity contribution in [3.8, 4) is 6.07 Å². The number of halogens is 2. The van der Waals surface area contributed by atoms with Gasteiger partial charge in [0.05, 0.1) is 6.07 Å². The first-order valence-electron chi connectivity index (χ1n) is 6.93. The van der Waals surface area contributed by atoms with Gasteiger partial charge in [-0.3, -0.25) is 9.69 Å². The van der Waals surface area contributed by atoms with Gasteiger partial charge in [0.2, 0.25) is 5.91 Å². The smallest absolute Gasteiger partial charge is 0.222 e. The molecule has 0 saturated carbocycles. The molecule has 0 aliphatic carbocycles. The van der Waals surface area contributed by atoms with Crippen molar-refractivity contribution in [2.45, 2.75) is 19.4 Å². The summed E-state index contributed by atoms with van der Waals surface area (Å²) in [5.41, 5.74) is 0.219. The van der Waals surface area contributed by atoms with Crippen LogP contribution in [0.4, 0.5) is 4.39 Å². The number of rotatable bonds is 3. The van der Waals surface area contributed by atoms with E-state index in [2.05, 4.69) is 6.07 Å². The highest BCUT2D eigenvalue weighted by molar-refractivity contribution is 6.31. The fourth-order valence-electron chi connectivity index (χ4n) is 2.55. The Morgan fingerprint density at radius 1 is 1.43 bits per heavy atom. The highest BCUT2D eigenvalue weighted by Crippen LogP contribution is 2.30. The Morgan fingerprint density at radius 3 is 2.62 bits per heavy atom. The van der Waals surface area contributed by atoms with Crippen LogP contribution in [0.1, 0.15) is 24.9 Å². The Hall–Kier alpha value is -1.64. The topological polar surface area (TPSA) is 47.3 Å². The van der Waals surface area contributed by atoms with Crippen LogP contribution in [0.15, 0.2) is 18.2 Å². The van der Waals surface area contributed by atoms with Crippen LogP contribution in [0.5, 0.6) is 0 Å². The molecule has 1 saturated heterocycles. The summed E-state index contributed by atoms with van der Waals surface area (Å²) < 4.78 is 14.0. The molecular weight excluding hydrogens is 293 g/mol. The van der Waals surface area contributed by atoms with Gasteiger partial charge < -0.3 is 4.90 Å². The van der Waals surface area contributed by atoms with Gasteiger partial charge in [-0.2, -0.15) is 5.26 Å². The normalized spacial score (nSPS) is 17.3. The first-order valence-corrected chi connectivity index (χ1v) is 7.31. The molecule has 0 bridgehead atoms. The van der Waals surface area contributed by atoms with Crippen LogP contribution < -0.4 is 0 Å². The van der Waals surface area contributed by atoms with E-state index in [9.17, 15) is 14.4 Å². The number of benzene rings is 1. The molecule has 1 fully saturated rings. The standard InChI is InChI=1S/C15H17ClFN3O/c1-2-14(21)20-8-6-19(7-9-20)13(10-18)15-11(16)4-3-5-12(15)17/h3-5,13H,2,6-9H2,1H3/t13-/m1/s1. The molecule has 1 aromatic rings. The van der Waals surface area contributed by atoms with Gasteiger partial charge >= 0.3 is 0 Å². The number of hydrogen-bond donors (Lipinski definition) is 0. The van der Waals surface area contributed by atoms with Crippen molar-refractivity contribution in [1.29, 1.82) is 5.26 Å². The third kappa shape index (κ3) is 3.34. The fraction of sp³-hybridized carbons (Fsp3) is 0.467. The molecule has 2 rings (SSSR count). The van der Waals surface area contributed by atoms with Crippen LogP contribution in [0.3, 0.4) is 0 Å². The van der Waals surface area contributed by atoms with Crippen molar-refractivity contribution in [3.63, 3.8) is 0 Å². The van der Waals surface area contributed by atoms with Gasteiger partial charge in [0.1, 0.15) is 11.9 Å². The first-order chi connectivity index (χ1) is 10.1. The average molecular weight is 310 g/mol. The number of nitriles is 1. The third-order valence-electron chi connectivity index (χ3n) is 3.73. The van der Waals surface area contributed by atoms with E-state index in [0.717, 1.165) is 0 Å². The summed E-state index contributed by atoms with van der Waals surface area (Å²) in [5.74, 6) is -0.367. The molecule has 0 aromatic heterocycles. The zero-order valence-corrected chi connectivity index (χ0v) is 12.6. The van der Waals surface area contributed by atoms with Crippen LogP contribution in [0.2, 0.25) is 5.02 Å². The largest absolute Gasteiger partial charge is 0.340 e. The molecule has 0 spiro atoms. The summed E-state index contributed by atoms with van der Waals surface area (Å²) in [4.78, 5) is 15.3. The van der Waals surface area contributed by atoms with Crippen LogP contribution in [0, 0.1) is 17.1 Å². The summed E-state index contributed by atoms with van der Waals surface area (Å²) >= 11 is 6.04. The summed E-state index contributed by atoms with van der Waals surface area (Å²) in [6, 6.07) is 5.82. The monoisotopic (exact) mass is 309 g/mol. The number of hydrogen-bond acceptors (Lipinski definition) is 3. The van der Waals surface area contributed by atoms with E-state index < -0.39 is 11.9 Å². The second kappa shape index (κ2) is 6.88. The minimum Gasteiger partial charge on any atom is -0.340 e. The molecule has 1 atom stereocenters. The molecule has 1 amide bonds. The summed E-state index contributed by atoms with van der Waals surface area (Å²) in [5, 5.41) is 9.66. The van der Waals surface area contributed by atoms with Crippen molar-refractivity contribution in [2.24, 2.45) is 0 Å². The lowest BCUT2D eigenvalue weighted by atomic mass is 10.0. The van der Waals surface area contributed by atoms with Gasteiger partial charge in [0, 0.05) is 43.2 Å². The van der Waals surface area contributed by atoms with Crippen molar-refractivity contribution in [2.75, 3.05) is 26.2 Å². The second-order valence-corrected chi connectivity index (χ2v) is 5.34. The van der Waals surface area contributed by atoms with Crippen molar-refractivity contribution >= 4 is 17.5 Å². The summed E-state index contributed by atoms with van der Waals surface area (Å²) in [7, 11) is 0. The van der Waals surface area contributed by atoms with E-state index >= 15 is 0 Å². The maximum Gasteiger partial charge on any atom is 0.222 e. The van der Waals surface area contributed by atoms with E-state index in [1.54, 1.807) is 11.0 Å². The van der Waals surface area contributed by atoms with Gasteiger partial charge in [-0.15, -0.1) is 0 Å². The van der Waals surface area contributed by atoms with Gasteiger partial charge in [-0.25, -0.2) is 4.39 Å². The maximum atomic E-state index is 14.0. The molecule has 112 valence electrons. The fourth-order valence-corrected chi connectivity index (χ4v) is 2.82. The predicted molar refractivity (Wildman–Crippen MR) is 78.2 cm³/mol. The minimum atomic E-state index is -0.724. The van der Waals surface area contributed by atoms with E-state index in [0.29, 0.717) is 32.6 Å².